The molecule has 2 aromatic rings. The van der Waals surface area contributed by atoms with Gasteiger partial charge in [-0.2, -0.15) is 5.26 Å². The fourth-order valence-corrected chi connectivity index (χ4v) is 2.44. The van der Waals surface area contributed by atoms with Gasteiger partial charge in [-0.1, -0.05) is 42.5 Å². The van der Waals surface area contributed by atoms with Crippen molar-refractivity contribution in [3.05, 3.63) is 71.3 Å². The first-order chi connectivity index (χ1) is 9.36. The van der Waals surface area contributed by atoms with E-state index in [1.54, 1.807) is 0 Å². The molecule has 1 saturated carbocycles. The normalized spacial score (nSPS) is 20.8. The molecule has 1 unspecified atom stereocenters. The SMILES string of the molecule is N#Cc1ccc(CN[C@H]2CC2c2ccccc2)cc1. The van der Waals surface area contributed by atoms with Gasteiger partial charge in [0, 0.05) is 18.5 Å². The molecule has 2 heteroatoms. The van der Waals surface area contributed by atoms with Crippen LogP contribution in [0.25, 0.3) is 0 Å². The van der Waals surface area contributed by atoms with Crippen molar-refractivity contribution in [2.75, 3.05) is 0 Å². The van der Waals surface area contributed by atoms with Crippen molar-refractivity contribution >= 4 is 0 Å². The second-order valence-corrected chi connectivity index (χ2v) is 5.05. The lowest BCUT2D eigenvalue weighted by Crippen LogP contribution is -2.17. The van der Waals surface area contributed by atoms with Crippen LogP contribution >= 0.6 is 0 Å². The maximum Gasteiger partial charge on any atom is 0.0991 e. The summed E-state index contributed by atoms with van der Waals surface area (Å²) in [7, 11) is 0. The van der Waals surface area contributed by atoms with Gasteiger partial charge in [0.05, 0.1) is 11.6 Å². The third-order valence-electron chi connectivity index (χ3n) is 3.67. The maximum absolute atomic E-state index is 8.75. The lowest BCUT2D eigenvalue weighted by molar-refractivity contribution is 0.673. The molecule has 0 heterocycles. The summed E-state index contributed by atoms with van der Waals surface area (Å²) in [5.74, 6) is 0.666. The molecule has 2 aromatic carbocycles. The molecule has 1 fully saturated rings. The van der Waals surface area contributed by atoms with E-state index < -0.39 is 0 Å². The van der Waals surface area contributed by atoms with Crippen molar-refractivity contribution in [3.8, 4) is 6.07 Å². The van der Waals surface area contributed by atoms with Crippen LogP contribution in [0.5, 0.6) is 0 Å². The highest BCUT2D eigenvalue weighted by molar-refractivity contribution is 5.32. The molecular formula is C17H16N2. The Hall–Kier alpha value is -2.11. The van der Waals surface area contributed by atoms with E-state index in [-0.39, 0.29) is 0 Å². The molecule has 0 amide bonds. The summed E-state index contributed by atoms with van der Waals surface area (Å²) in [6.07, 6.45) is 1.22. The number of hydrogen-bond donors (Lipinski definition) is 1. The van der Waals surface area contributed by atoms with E-state index in [0.29, 0.717) is 12.0 Å². The van der Waals surface area contributed by atoms with Crippen LogP contribution in [0, 0.1) is 11.3 Å². The number of hydrogen-bond acceptors (Lipinski definition) is 2. The summed E-state index contributed by atoms with van der Waals surface area (Å²) >= 11 is 0. The first-order valence-electron chi connectivity index (χ1n) is 6.64. The van der Waals surface area contributed by atoms with Gasteiger partial charge in [0.25, 0.3) is 0 Å². The molecule has 0 aliphatic heterocycles. The molecule has 0 aromatic heterocycles. The van der Waals surface area contributed by atoms with Gasteiger partial charge in [0.1, 0.15) is 0 Å². The Kier molecular flexibility index (Phi) is 3.31. The predicted molar refractivity (Wildman–Crippen MR) is 75.6 cm³/mol. The summed E-state index contributed by atoms with van der Waals surface area (Å²) in [5, 5.41) is 12.3. The largest absolute Gasteiger partial charge is 0.309 e. The Balaban J connectivity index is 1.53. The number of nitrogens with one attached hydrogen (secondary N) is 1. The van der Waals surface area contributed by atoms with Crippen molar-refractivity contribution in [1.82, 2.24) is 5.32 Å². The van der Waals surface area contributed by atoms with Crippen LogP contribution < -0.4 is 5.32 Å². The van der Waals surface area contributed by atoms with E-state index in [9.17, 15) is 0 Å². The number of nitriles is 1. The van der Waals surface area contributed by atoms with E-state index in [2.05, 4.69) is 41.7 Å². The fraction of sp³-hybridized carbons (Fsp3) is 0.235. The van der Waals surface area contributed by atoms with Gasteiger partial charge in [0.15, 0.2) is 0 Å². The monoisotopic (exact) mass is 248 g/mol. The summed E-state index contributed by atoms with van der Waals surface area (Å²) in [6, 6.07) is 21.2. The first kappa shape index (κ1) is 12.0. The zero-order valence-corrected chi connectivity index (χ0v) is 10.7. The molecule has 1 aliphatic rings. The minimum Gasteiger partial charge on any atom is -0.309 e. The zero-order valence-electron chi connectivity index (χ0n) is 10.7. The van der Waals surface area contributed by atoms with Crippen molar-refractivity contribution in [3.63, 3.8) is 0 Å². The molecule has 0 spiro atoms. The summed E-state index contributed by atoms with van der Waals surface area (Å²) in [6.45, 7) is 0.875. The molecule has 94 valence electrons. The van der Waals surface area contributed by atoms with Gasteiger partial charge in [0.2, 0.25) is 0 Å². The summed E-state index contributed by atoms with van der Waals surface area (Å²) < 4.78 is 0. The predicted octanol–water partition coefficient (Wildman–Crippen LogP) is 3.20. The number of nitrogens with zero attached hydrogens (tertiary/aromatic N) is 1. The third kappa shape index (κ3) is 2.83. The average Bonchev–Trinajstić information content (AvgIpc) is 3.26. The van der Waals surface area contributed by atoms with Crippen molar-refractivity contribution < 1.29 is 0 Å². The molecule has 0 radical (unpaired) electrons. The van der Waals surface area contributed by atoms with Crippen LogP contribution in [-0.4, -0.2) is 6.04 Å². The molecule has 19 heavy (non-hydrogen) atoms. The van der Waals surface area contributed by atoms with E-state index in [4.69, 9.17) is 5.26 Å². The van der Waals surface area contributed by atoms with Gasteiger partial charge in [-0.3, -0.25) is 0 Å². The van der Waals surface area contributed by atoms with Crippen LogP contribution in [0.4, 0.5) is 0 Å². The first-order valence-corrected chi connectivity index (χ1v) is 6.64. The second-order valence-electron chi connectivity index (χ2n) is 5.05. The quantitative estimate of drug-likeness (QED) is 0.902. The Morgan fingerprint density at radius 1 is 1.05 bits per heavy atom. The van der Waals surface area contributed by atoms with E-state index in [1.165, 1.54) is 17.5 Å². The Bertz CT molecular complexity index is 581. The highest BCUT2D eigenvalue weighted by Gasteiger charge is 2.37. The Morgan fingerprint density at radius 3 is 2.47 bits per heavy atom. The van der Waals surface area contributed by atoms with Crippen molar-refractivity contribution in [2.24, 2.45) is 0 Å². The smallest absolute Gasteiger partial charge is 0.0991 e. The number of rotatable bonds is 4. The third-order valence-corrected chi connectivity index (χ3v) is 3.67. The standard InChI is InChI=1S/C17H16N2/c18-11-13-6-8-14(9-7-13)12-19-17-10-16(17)15-4-2-1-3-5-15/h1-9,16-17,19H,10,12H2/t16?,17-/m0/s1. The zero-order chi connectivity index (χ0) is 13.1. The molecule has 1 N–H and O–H groups in total. The van der Waals surface area contributed by atoms with E-state index in [1.807, 2.05) is 24.3 Å². The van der Waals surface area contributed by atoms with Crippen LogP contribution in [0.2, 0.25) is 0 Å². The lowest BCUT2D eigenvalue weighted by atomic mass is 10.1. The number of benzene rings is 2. The fourth-order valence-electron chi connectivity index (χ4n) is 2.44. The van der Waals surface area contributed by atoms with Crippen LogP contribution in [0.3, 0.4) is 0 Å². The van der Waals surface area contributed by atoms with Crippen molar-refractivity contribution in [2.45, 2.75) is 24.9 Å². The van der Waals surface area contributed by atoms with Crippen LogP contribution in [0.1, 0.15) is 29.0 Å². The highest BCUT2D eigenvalue weighted by atomic mass is 15.0. The molecule has 2 nitrogen and oxygen atoms in total. The van der Waals surface area contributed by atoms with Gasteiger partial charge in [-0.05, 0) is 29.7 Å². The minimum absolute atomic E-state index is 0.595. The van der Waals surface area contributed by atoms with Gasteiger partial charge >= 0.3 is 0 Å². The highest BCUT2D eigenvalue weighted by Crippen LogP contribution is 2.40. The molecule has 2 atom stereocenters. The minimum atomic E-state index is 0.595. The second kappa shape index (κ2) is 5.26. The maximum atomic E-state index is 8.75. The van der Waals surface area contributed by atoms with Crippen molar-refractivity contribution in [1.29, 1.82) is 5.26 Å². The molecular weight excluding hydrogens is 232 g/mol. The Labute approximate surface area is 113 Å². The van der Waals surface area contributed by atoms with Gasteiger partial charge < -0.3 is 5.32 Å². The molecule has 3 rings (SSSR count). The topological polar surface area (TPSA) is 35.8 Å². The molecule has 1 aliphatic carbocycles. The summed E-state index contributed by atoms with van der Waals surface area (Å²) in [5.41, 5.74) is 3.38. The Morgan fingerprint density at radius 2 is 1.79 bits per heavy atom. The lowest BCUT2D eigenvalue weighted by Gasteiger charge is -2.05. The van der Waals surface area contributed by atoms with Gasteiger partial charge in [-0.25, -0.2) is 0 Å². The summed E-state index contributed by atoms with van der Waals surface area (Å²) in [4.78, 5) is 0. The average molecular weight is 248 g/mol. The molecule has 0 saturated heterocycles. The van der Waals surface area contributed by atoms with Crippen LogP contribution in [-0.2, 0) is 6.54 Å². The van der Waals surface area contributed by atoms with Gasteiger partial charge in [-0.15, -0.1) is 0 Å². The molecule has 0 bridgehead atoms. The van der Waals surface area contributed by atoms with E-state index in [0.717, 1.165) is 12.1 Å². The van der Waals surface area contributed by atoms with E-state index >= 15 is 0 Å². The van der Waals surface area contributed by atoms with Crippen LogP contribution in [0.15, 0.2) is 54.6 Å².